The summed E-state index contributed by atoms with van der Waals surface area (Å²) in [4.78, 5) is 191. The number of esters is 2. The van der Waals surface area contributed by atoms with Crippen LogP contribution in [0.25, 0.3) is 0 Å². The van der Waals surface area contributed by atoms with E-state index in [1.807, 2.05) is 64.0 Å². The number of thioether (sulfide) groups is 2. The number of piperidine rings is 1. The van der Waals surface area contributed by atoms with E-state index in [9.17, 15) is 48.6 Å². The summed E-state index contributed by atoms with van der Waals surface area (Å²) in [6, 6.07) is 9.63. The number of hydrogen-bond donors (Lipinski definition) is 6. The molecule has 4 saturated heterocycles. The molecule has 8 amide bonds. The van der Waals surface area contributed by atoms with Gasteiger partial charge in [0.1, 0.15) is 71.5 Å². The van der Waals surface area contributed by atoms with Gasteiger partial charge in [-0.3, -0.25) is 47.9 Å². The van der Waals surface area contributed by atoms with Gasteiger partial charge in [0, 0.05) is 101 Å². The van der Waals surface area contributed by atoms with Crippen molar-refractivity contribution in [1.82, 2.24) is 50.8 Å². The third kappa shape index (κ3) is 22.1. The molecule has 4 unspecified atom stereocenters. The lowest BCUT2D eigenvalue weighted by molar-refractivity contribution is -0.158. The highest BCUT2D eigenvalue weighted by Gasteiger charge is 2.51. The summed E-state index contributed by atoms with van der Waals surface area (Å²) in [7, 11) is 5.24. The van der Waals surface area contributed by atoms with Crippen molar-refractivity contribution < 1.29 is 81.6 Å². The standard InChI is InChI=1S/C81H105N11O17S2/c1-11-81(7)80(106)90-36-21-25-59(90)76(102)89(10)61(41-52-28-30-55(31-29-52)88(8)9)77(103)92-45-54(63(96)44-60(92)72(98)86-68(53-23-15-14-16-24-53)78(104)108-51(6)67(74(100)87-81)85-73(99)69-62(95)26-20-35-83-69)47-110-38-17-12-13-18-39-111-64-33-37-91-70(64)79(105)109-71(48(2)3)50(5)27-32-65(97)82-34-19-22-49(4)40-56(93)42-57(94)43-66-84-58(46-107-66)75(91)101/h14-16,19-20,22-24,26-32,35,40,46,48,50-51,54,56,59-61,64,67-68,70-71,93,95H,11-13,17-18,21,25,33-34,36-39,41-45,47H2,1-10H3,(H,82,97)(H,85,99)(H,86,98)(H,87,100)/b22-19+,32-27+,49-40+/t50-,51-,54?,56-,59+,60+,61+,64?,67+,68+,70?,71-,81?/m1/s1. The molecule has 0 spiro atoms. The van der Waals surface area contributed by atoms with E-state index in [-0.39, 0.29) is 110 Å². The first-order valence-electron chi connectivity index (χ1n) is 38.1. The maximum absolute atomic E-state index is 16.0. The number of unbranched alkanes of at least 4 members (excludes halogenated alkanes) is 3. The molecular weight excluding hydrogens is 1460 g/mol. The fraction of sp³-hybridized carbons (Fsp3) is 0.531. The summed E-state index contributed by atoms with van der Waals surface area (Å²) < 4.78 is 18.0. The number of aromatic nitrogens is 2. The smallest absolute Gasteiger partial charge is 0.333 e. The Bertz CT molecular complexity index is 4110. The largest absolute Gasteiger partial charge is 0.505 e. The lowest BCUT2D eigenvalue weighted by Gasteiger charge is -2.42. The number of ether oxygens (including phenoxy) is 2. The highest BCUT2D eigenvalue weighted by Crippen LogP contribution is 2.35. The van der Waals surface area contributed by atoms with Crippen molar-refractivity contribution in [2.45, 2.75) is 191 Å². The summed E-state index contributed by atoms with van der Waals surface area (Å²) in [5.74, 6) is -8.51. The fourth-order valence-electron chi connectivity index (χ4n) is 14.5. The SMILES string of the molecule is CCC1(C)NC(=O)[C@@H](NC(=O)c2ncccc2O)[C@@H](C)OC(=O)[C@H](c2ccccc2)NC(=O)[C@@H]2CC(=O)C(CSCCCCCCSC3CCN4C(=O)c5coc(n5)CC(=O)C[C@H](O)/C=C(C)/C=C/CNC(=O)/C=C/[C@@H](C)[C@@H](C(C)C)OC(=O)C34)CN2C(=O)[C@H](Cc2ccc(N(C)C)cc2)N(C)C(=O)[C@@H]2CCCN2C1=O. The van der Waals surface area contributed by atoms with E-state index in [1.54, 1.807) is 74.2 Å². The molecule has 9 rings (SSSR count). The number of nitrogens with one attached hydrogen (secondary N) is 4. The predicted molar refractivity (Wildman–Crippen MR) is 418 cm³/mol. The van der Waals surface area contributed by atoms with Crippen molar-refractivity contribution in [3.63, 3.8) is 0 Å². The Balaban J connectivity index is 0.919. The number of hydrogen-bond acceptors (Lipinski definition) is 22. The number of carbonyl (C=O) groups is 12. The van der Waals surface area contributed by atoms with Crippen LogP contribution in [0.15, 0.2) is 120 Å². The van der Waals surface area contributed by atoms with E-state index < -0.39 is 143 Å². The number of amides is 8. The maximum atomic E-state index is 16.0. The molecule has 2 aromatic carbocycles. The van der Waals surface area contributed by atoms with Crippen molar-refractivity contribution in [1.29, 1.82) is 0 Å². The van der Waals surface area contributed by atoms with Gasteiger partial charge in [-0.2, -0.15) is 23.5 Å². The van der Waals surface area contributed by atoms with Gasteiger partial charge in [-0.15, -0.1) is 0 Å². The molecule has 13 atom stereocenters. The molecule has 2 bridgehead atoms. The van der Waals surface area contributed by atoms with Gasteiger partial charge in [0.15, 0.2) is 17.4 Å². The highest BCUT2D eigenvalue weighted by molar-refractivity contribution is 8.00. The minimum atomic E-state index is -1.77. The number of pyridine rings is 1. The van der Waals surface area contributed by atoms with Crippen molar-refractivity contribution in [2.24, 2.45) is 17.8 Å². The average molecular weight is 1570 g/mol. The Morgan fingerprint density at radius 2 is 1.56 bits per heavy atom. The van der Waals surface area contributed by atoms with Crippen LogP contribution < -0.4 is 26.2 Å². The van der Waals surface area contributed by atoms with Crippen LogP contribution in [-0.4, -0.2) is 234 Å². The zero-order valence-electron chi connectivity index (χ0n) is 64.8. The fourth-order valence-corrected chi connectivity index (χ4v) is 17.1. The van der Waals surface area contributed by atoms with E-state index in [1.165, 1.54) is 89.0 Å². The predicted octanol–water partition coefficient (Wildman–Crippen LogP) is 6.44. The first-order chi connectivity index (χ1) is 53.0. The lowest BCUT2D eigenvalue weighted by Crippen LogP contribution is -2.65. The molecule has 5 aliphatic rings. The van der Waals surface area contributed by atoms with Crippen LogP contribution in [0.3, 0.4) is 0 Å². The molecule has 28 nitrogen and oxygen atoms in total. The van der Waals surface area contributed by atoms with Crippen molar-refractivity contribution in [3.8, 4) is 5.75 Å². The number of cyclic esters (lactones) is 2. The van der Waals surface area contributed by atoms with Crippen LogP contribution in [0.5, 0.6) is 5.75 Å². The van der Waals surface area contributed by atoms with Gasteiger partial charge in [-0.25, -0.2) is 19.6 Å². The Hall–Kier alpha value is -9.68. The minimum Gasteiger partial charge on any atom is -0.505 e. The second-order valence-electron chi connectivity index (χ2n) is 29.9. The number of anilines is 1. The number of rotatable bonds is 18. The number of nitrogens with zero attached hydrogens (tertiary/aromatic N) is 7. The van der Waals surface area contributed by atoms with E-state index in [4.69, 9.17) is 13.9 Å². The zero-order chi connectivity index (χ0) is 80.4. The number of benzene rings is 2. The number of aliphatic hydroxyl groups excluding tert-OH is 1. The van der Waals surface area contributed by atoms with Gasteiger partial charge < -0.3 is 69.9 Å². The van der Waals surface area contributed by atoms with Gasteiger partial charge in [-0.05, 0) is 118 Å². The molecule has 111 heavy (non-hydrogen) atoms. The second-order valence-corrected chi connectivity index (χ2v) is 32.4. The quantitative estimate of drug-likeness (QED) is 0.0461. The number of allylic oxidation sites excluding steroid dienone is 2. The van der Waals surface area contributed by atoms with Crippen LogP contribution >= 0.6 is 23.5 Å². The number of oxazole rings is 1. The monoisotopic (exact) mass is 1570 g/mol. The van der Waals surface area contributed by atoms with Crippen LogP contribution in [0.4, 0.5) is 5.69 Å². The molecule has 7 heterocycles. The number of aliphatic hydroxyl groups is 1. The summed E-state index contributed by atoms with van der Waals surface area (Å²) >= 11 is 3.08. The lowest BCUT2D eigenvalue weighted by atomic mass is 9.90. The molecule has 6 N–H and O–H groups in total. The number of carbonyl (C=O) groups excluding carboxylic acids is 12. The van der Waals surface area contributed by atoms with Gasteiger partial charge >= 0.3 is 11.9 Å². The van der Waals surface area contributed by atoms with E-state index in [0.717, 1.165) is 31.4 Å². The first kappa shape index (κ1) is 85.3. The summed E-state index contributed by atoms with van der Waals surface area (Å²) in [6.07, 6.45) is 10.2. The number of Topliss-reactive ketones (excluding diaryl/α,β-unsaturated/α-hetero) is 2. The van der Waals surface area contributed by atoms with E-state index >= 15 is 19.2 Å². The normalized spacial score (nSPS) is 27.9. The van der Waals surface area contributed by atoms with E-state index in [2.05, 4.69) is 31.2 Å². The minimum absolute atomic E-state index is 0.0135. The Morgan fingerprint density at radius 1 is 0.829 bits per heavy atom. The van der Waals surface area contributed by atoms with Crippen molar-refractivity contribution >= 4 is 100.0 Å². The van der Waals surface area contributed by atoms with Crippen LogP contribution in [-0.2, 0) is 70.3 Å². The Morgan fingerprint density at radius 3 is 2.26 bits per heavy atom. The molecule has 4 fully saturated rings. The van der Waals surface area contributed by atoms with Crippen LogP contribution in [0.1, 0.15) is 157 Å². The highest BCUT2D eigenvalue weighted by atomic mass is 32.2. The topological polar surface area (TPSA) is 367 Å². The van der Waals surface area contributed by atoms with Gasteiger partial charge in [0.2, 0.25) is 41.3 Å². The zero-order valence-corrected chi connectivity index (χ0v) is 66.4. The number of fused-ring (bicyclic) bond motifs is 5. The first-order valence-corrected chi connectivity index (χ1v) is 40.3. The molecule has 4 aromatic rings. The van der Waals surface area contributed by atoms with Crippen molar-refractivity contribution in [2.75, 3.05) is 69.5 Å². The third-order valence-electron chi connectivity index (χ3n) is 21.0. The number of ketones is 2. The second kappa shape index (κ2) is 39.5. The molecule has 30 heteroatoms. The summed E-state index contributed by atoms with van der Waals surface area (Å²) in [6.45, 7) is 12.1. The van der Waals surface area contributed by atoms with Crippen LogP contribution in [0, 0.1) is 17.8 Å². The Labute approximate surface area is 656 Å². The van der Waals surface area contributed by atoms with Crippen LogP contribution in [0.2, 0.25) is 0 Å². The molecule has 5 aliphatic heterocycles. The van der Waals surface area contributed by atoms with Gasteiger partial charge in [-0.1, -0.05) is 113 Å². The van der Waals surface area contributed by atoms with Gasteiger partial charge in [0.05, 0.1) is 12.5 Å². The number of likely N-dealkylation sites (N-methyl/N-ethyl adjacent to an activating group) is 1. The maximum Gasteiger partial charge on any atom is 0.333 e. The Kier molecular flexibility index (Phi) is 30.3. The molecule has 0 saturated carbocycles. The summed E-state index contributed by atoms with van der Waals surface area (Å²) in [5, 5.41) is 31.8. The van der Waals surface area contributed by atoms with E-state index in [0.29, 0.717) is 35.5 Å². The third-order valence-corrected chi connectivity index (χ3v) is 23.7. The molecule has 0 aliphatic carbocycles. The van der Waals surface area contributed by atoms with Crippen molar-refractivity contribution in [3.05, 3.63) is 144 Å². The molecular formula is C81H105N11O17S2. The molecule has 0 radical (unpaired) electrons. The average Bonchev–Trinajstić information content (AvgIpc) is 1.77. The number of aromatic hydroxyl groups is 1. The summed E-state index contributed by atoms with van der Waals surface area (Å²) in [5.41, 5.74) is 0.120. The van der Waals surface area contributed by atoms with Gasteiger partial charge in [0.25, 0.3) is 11.8 Å². The molecule has 2 aromatic heterocycles. The molecule has 598 valence electrons.